The second-order valence-electron chi connectivity index (χ2n) is 7.21. The summed E-state index contributed by atoms with van der Waals surface area (Å²) in [5, 5.41) is 2.63. The minimum absolute atomic E-state index is 0.281. The number of hydrogen-bond donors (Lipinski definition) is 1. The molecule has 1 atom stereocenters. The molecule has 2 aromatic carbocycles. The summed E-state index contributed by atoms with van der Waals surface area (Å²) in [6.45, 7) is 1.24. The van der Waals surface area contributed by atoms with Crippen LogP contribution in [0.4, 0.5) is 9.18 Å². The third kappa shape index (κ3) is 2.91. The number of hydrogen-bond acceptors (Lipinski definition) is 3. The fraction of sp³-hybridized carbons (Fsp3) is 0.286. The molecule has 138 valence electrons. The molecule has 6 heteroatoms. The number of halogens is 1. The molecule has 5 nitrogen and oxygen atoms in total. The molecule has 1 saturated heterocycles. The van der Waals surface area contributed by atoms with Gasteiger partial charge in [0.1, 0.15) is 11.4 Å². The van der Waals surface area contributed by atoms with Crippen molar-refractivity contribution < 1.29 is 18.8 Å². The van der Waals surface area contributed by atoms with E-state index >= 15 is 0 Å². The summed E-state index contributed by atoms with van der Waals surface area (Å²) in [6.07, 6.45) is 3.05. The van der Waals surface area contributed by atoms with Crippen molar-refractivity contribution in [3.8, 4) is 0 Å². The van der Waals surface area contributed by atoms with Gasteiger partial charge in [0, 0.05) is 5.56 Å². The van der Waals surface area contributed by atoms with Gasteiger partial charge in [0.05, 0.1) is 6.54 Å². The van der Waals surface area contributed by atoms with Crippen LogP contribution in [0.3, 0.4) is 0 Å². The van der Waals surface area contributed by atoms with Crippen LogP contribution in [0.5, 0.6) is 0 Å². The highest BCUT2D eigenvalue weighted by Crippen LogP contribution is 2.29. The van der Waals surface area contributed by atoms with Crippen LogP contribution in [0.2, 0.25) is 0 Å². The van der Waals surface area contributed by atoms with Gasteiger partial charge in [-0.25, -0.2) is 9.18 Å². The van der Waals surface area contributed by atoms with E-state index < -0.39 is 23.3 Å². The summed E-state index contributed by atoms with van der Waals surface area (Å²) in [5.41, 5.74) is 2.07. The first-order valence-corrected chi connectivity index (χ1v) is 8.93. The molecular formula is C21H19FN2O3. The highest BCUT2D eigenvalue weighted by Gasteiger charge is 2.49. The van der Waals surface area contributed by atoms with Crippen molar-refractivity contribution in [3.05, 3.63) is 70.5 Å². The number of carbonyl (C=O) groups excluding carboxylic acids is 3. The van der Waals surface area contributed by atoms with Gasteiger partial charge in [-0.05, 0) is 61.1 Å². The van der Waals surface area contributed by atoms with Crippen LogP contribution < -0.4 is 5.32 Å². The van der Waals surface area contributed by atoms with Gasteiger partial charge >= 0.3 is 6.03 Å². The number of aryl methyl sites for hydroxylation is 2. The minimum Gasteiger partial charge on any atom is -0.319 e. The Kier molecular flexibility index (Phi) is 4.06. The number of fused-ring (bicyclic) bond motifs is 1. The molecular weight excluding hydrogens is 347 g/mol. The monoisotopic (exact) mass is 366 g/mol. The van der Waals surface area contributed by atoms with Crippen molar-refractivity contribution in [1.29, 1.82) is 0 Å². The highest BCUT2D eigenvalue weighted by atomic mass is 19.1. The normalized spacial score (nSPS) is 21.3. The predicted octanol–water partition coefficient (Wildman–Crippen LogP) is 2.96. The largest absolute Gasteiger partial charge is 0.325 e. The van der Waals surface area contributed by atoms with Crippen LogP contribution >= 0.6 is 0 Å². The van der Waals surface area contributed by atoms with E-state index in [1.807, 2.05) is 12.1 Å². The van der Waals surface area contributed by atoms with Gasteiger partial charge in [0.15, 0.2) is 5.78 Å². The fourth-order valence-electron chi connectivity index (χ4n) is 3.80. The van der Waals surface area contributed by atoms with Crippen molar-refractivity contribution in [2.75, 3.05) is 6.54 Å². The predicted molar refractivity (Wildman–Crippen MR) is 96.8 cm³/mol. The van der Waals surface area contributed by atoms with Crippen LogP contribution in [0.1, 0.15) is 40.4 Å². The molecule has 1 aliphatic carbocycles. The van der Waals surface area contributed by atoms with Crippen molar-refractivity contribution in [2.24, 2.45) is 0 Å². The molecule has 1 N–H and O–H groups in total. The third-order valence-electron chi connectivity index (χ3n) is 5.42. The van der Waals surface area contributed by atoms with Gasteiger partial charge in [0.25, 0.3) is 5.91 Å². The summed E-state index contributed by atoms with van der Waals surface area (Å²) in [7, 11) is 0. The molecule has 2 aliphatic rings. The zero-order chi connectivity index (χ0) is 19.2. The maximum atomic E-state index is 13.2. The van der Waals surface area contributed by atoms with Gasteiger partial charge in [-0.1, -0.05) is 24.3 Å². The van der Waals surface area contributed by atoms with Crippen LogP contribution in [0.15, 0.2) is 42.5 Å². The molecule has 0 spiro atoms. The second kappa shape index (κ2) is 6.30. The van der Waals surface area contributed by atoms with E-state index in [1.165, 1.54) is 29.8 Å². The summed E-state index contributed by atoms with van der Waals surface area (Å²) < 4.78 is 13.2. The number of nitrogens with one attached hydrogen (secondary N) is 1. The zero-order valence-corrected chi connectivity index (χ0v) is 14.9. The number of nitrogens with zero attached hydrogens (tertiary/aromatic N) is 1. The average Bonchev–Trinajstić information content (AvgIpc) is 3.20. The summed E-state index contributed by atoms with van der Waals surface area (Å²) in [6, 6.07) is 10.3. The van der Waals surface area contributed by atoms with E-state index in [2.05, 4.69) is 5.32 Å². The summed E-state index contributed by atoms with van der Waals surface area (Å²) in [5.74, 6) is -1.23. The van der Waals surface area contributed by atoms with E-state index in [0.29, 0.717) is 11.1 Å². The topological polar surface area (TPSA) is 66.5 Å². The number of urea groups is 1. The second-order valence-corrected chi connectivity index (χ2v) is 7.21. The standard InChI is InChI=1S/C21H19FN2O3/c1-21(16-7-9-17(22)10-8-16)19(26)24(20(27)23-21)12-18(25)15-6-5-13-3-2-4-14(13)11-15/h5-11H,2-4,12H2,1H3,(H,23,27). The van der Waals surface area contributed by atoms with Crippen LogP contribution in [0.25, 0.3) is 0 Å². The molecule has 2 aromatic rings. The van der Waals surface area contributed by atoms with Gasteiger partial charge in [0.2, 0.25) is 0 Å². The fourth-order valence-corrected chi connectivity index (χ4v) is 3.80. The summed E-state index contributed by atoms with van der Waals surface area (Å²) >= 11 is 0. The highest BCUT2D eigenvalue weighted by molar-refractivity contribution is 6.11. The minimum atomic E-state index is -1.32. The Balaban J connectivity index is 1.55. The first-order chi connectivity index (χ1) is 12.9. The maximum Gasteiger partial charge on any atom is 0.325 e. The molecule has 0 saturated carbocycles. The first-order valence-electron chi connectivity index (χ1n) is 8.93. The number of ketones is 1. The Hall–Kier alpha value is -3.02. The number of amides is 3. The number of rotatable bonds is 4. The Bertz CT molecular complexity index is 954. The van der Waals surface area contributed by atoms with Crippen LogP contribution in [-0.4, -0.2) is 29.2 Å². The lowest BCUT2D eigenvalue weighted by molar-refractivity contribution is -0.130. The molecule has 3 amide bonds. The molecule has 0 aromatic heterocycles. The molecule has 0 bridgehead atoms. The number of carbonyl (C=O) groups is 3. The van der Waals surface area contributed by atoms with Crippen LogP contribution in [-0.2, 0) is 23.2 Å². The quantitative estimate of drug-likeness (QED) is 0.668. The Labute approximate surface area is 156 Å². The van der Waals surface area contributed by atoms with Gasteiger partial charge < -0.3 is 5.32 Å². The maximum absolute atomic E-state index is 13.2. The van der Waals surface area contributed by atoms with E-state index in [-0.39, 0.29) is 12.3 Å². The zero-order valence-electron chi connectivity index (χ0n) is 14.9. The van der Waals surface area contributed by atoms with Crippen molar-refractivity contribution >= 4 is 17.7 Å². The van der Waals surface area contributed by atoms with Gasteiger partial charge in [-0.2, -0.15) is 0 Å². The molecule has 1 aliphatic heterocycles. The van der Waals surface area contributed by atoms with Gasteiger partial charge in [-0.3, -0.25) is 14.5 Å². The number of imide groups is 1. The van der Waals surface area contributed by atoms with E-state index in [1.54, 1.807) is 13.0 Å². The third-order valence-corrected chi connectivity index (χ3v) is 5.42. The molecule has 4 rings (SSSR count). The van der Waals surface area contributed by atoms with E-state index in [0.717, 1.165) is 29.7 Å². The van der Waals surface area contributed by atoms with Crippen LogP contribution in [0, 0.1) is 5.82 Å². The number of Topliss-reactive ketones (excluding diaryl/α,β-unsaturated/α-hetero) is 1. The van der Waals surface area contributed by atoms with E-state index in [4.69, 9.17) is 0 Å². The lowest BCUT2D eigenvalue weighted by atomic mass is 9.92. The number of benzene rings is 2. The Morgan fingerprint density at radius 3 is 2.56 bits per heavy atom. The summed E-state index contributed by atoms with van der Waals surface area (Å²) in [4.78, 5) is 38.8. The smallest absolute Gasteiger partial charge is 0.319 e. The molecule has 0 radical (unpaired) electrons. The lowest BCUT2D eigenvalue weighted by Gasteiger charge is -2.22. The van der Waals surface area contributed by atoms with Crippen molar-refractivity contribution in [2.45, 2.75) is 31.7 Å². The Morgan fingerprint density at radius 1 is 1.11 bits per heavy atom. The molecule has 1 heterocycles. The average molecular weight is 366 g/mol. The Morgan fingerprint density at radius 2 is 1.81 bits per heavy atom. The molecule has 27 heavy (non-hydrogen) atoms. The van der Waals surface area contributed by atoms with Crippen molar-refractivity contribution in [1.82, 2.24) is 10.2 Å². The molecule has 1 unspecified atom stereocenters. The van der Waals surface area contributed by atoms with Crippen molar-refractivity contribution in [3.63, 3.8) is 0 Å². The first kappa shape index (κ1) is 17.4. The van der Waals surface area contributed by atoms with E-state index in [9.17, 15) is 18.8 Å². The molecule has 1 fully saturated rings. The lowest BCUT2D eigenvalue weighted by Crippen LogP contribution is -2.41. The van der Waals surface area contributed by atoms with Gasteiger partial charge in [-0.15, -0.1) is 0 Å². The SMILES string of the molecule is CC1(c2ccc(F)cc2)NC(=O)N(CC(=O)c2ccc3c(c2)CCC3)C1=O.